The second-order valence-corrected chi connectivity index (χ2v) is 3.70. The summed E-state index contributed by atoms with van der Waals surface area (Å²) in [7, 11) is 0. The standard InChI is InChI=1S/C12H20O4.H3N/c1-3-5-6-10(4-2)9-16-12(15)8-7-11(13)14;/h7-8,10H,3-6,9H2,1-2H3,(H,13,14);1H3/b8-7-;. The molecule has 100 valence electrons. The lowest BCUT2D eigenvalue weighted by molar-refractivity contribution is -0.297. The molecule has 0 rings (SSSR count). The maximum atomic E-state index is 11.0. The van der Waals surface area contributed by atoms with Crippen LogP contribution in [0.1, 0.15) is 39.5 Å². The van der Waals surface area contributed by atoms with Crippen molar-refractivity contribution in [2.24, 2.45) is 5.92 Å². The molecule has 0 aromatic heterocycles. The predicted molar refractivity (Wildman–Crippen MR) is 64.4 cm³/mol. The van der Waals surface area contributed by atoms with Crippen LogP contribution in [0.25, 0.3) is 0 Å². The molecule has 17 heavy (non-hydrogen) atoms. The number of quaternary nitrogens is 1. The Hall–Kier alpha value is -1.36. The van der Waals surface area contributed by atoms with E-state index in [0.29, 0.717) is 18.6 Å². The molecule has 0 aromatic carbocycles. The van der Waals surface area contributed by atoms with Gasteiger partial charge in [-0.25, -0.2) is 4.79 Å². The molecule has 0 saturated heterocycles. The van der Waals surface area contributed by atoms with Crippen molar-refractivity contribution in [1.29, 1.82) is 0 Å². The molecule has 0 radical (unpaired) electrons. The van der Waals surface area contributed by atoms with E-state index < -0.39 is 11.9 Å². The van der Waals surface area contributed by atoms with E-state index in [1.165, 1.54) is 0 Å². The number of carbonyl (C=O) groups is 2. The van der Waals surface area contributed by atoms with Crippen LogP contribution < -0.4 is 11.3 Å². The summed E-state index contributed by atoms with van der Waals surface area (Å²) in [6.07, 6.45) is 5.78. The Labute approximate surface area is 102 Å². The summed E-state index contributed by atoms with van der Waals surface area (Å²) in [5.74, 6) is -1.66. The zero-order valence-corrected chi connectivity index (χ0v) is 10.9. The lowest BCUT2D eigenvalue weighted by atomic mass is 10.0. The van der Waals surface area contributed by atoms with Gasteiger partial charge in [0.15, 0.2) is 0 Å². The molecule has 0 saturated carbocycles. The number of hydrogen-bond donors (Lipinski definition) is 1. The fourth-order valence-corrected chi connectivity index (χ4v) is 1.28. The van der Waals surface area contributed by atoms with Crippen LogP contribution in [0.15, 0.2) is 12.2 Å². The van der Waals surface area contributed by atoms with Gasteiger partial charge in [0, 0.05) is 6.08 Å². The molecule has 0 amide bonds. The van der Waals surface area contributed by atoms with Gasteiger partial charge in [0.25, 0.3) is 0 Å². The maximum absolute atomic E-state index is 11.0. The van der Waals surface area contributed by atoms with Gasteiger partial charge in [-0.1, -0.05) is 33.1 Å². The number of ether oxygens (including phenoxy) is 1. The fourth-order valence-electron chi connectivity index (χ4n) is 1.28. The van der Waals surface area contributed by atoms with Gasteiger partial charge >= 0.3 is 5.97 Å². The number of esters is 1. The van der Waals surface area contributed by atoms with Crippen LogP contribution in [0, 0.1) is 5.92 Å². The maximum Gasteiger partial charge on any atom is 0.330 e. The van der Waals surface area contributed by atoms with Crippen molar-refractivity contribution in [3.8, 4) is 0 Å². The minimum atomic E-state index is -1.39. The Balaban J connectivity index is 0. The molecule has 0 aliphatic heterocycles. The first kappa shape index (κ1) is 18.0. The van der Waals surface area contributed by atoms with E-state index in [-0.39, 0.29) is 6.15 Å². The lowest BCUT2D eigenvalue weighted by Crippen LogP contribution is -2.19. The van der Waals surface area contributed by atoms with Crippen LogP contribution in [0.4, 0.5) is 0 Å². The van der Waals surface area contributed by atoms with Crippen LogP contribution in [0.2, 0.25) is 0 Å². The van der Waals surface area contributed by atoms with E-state index >= 15 is 0 Å². The summed E-state index contributed by atoms with van der Waals surface area (Å²) < 4.78 is 4.93. The van der Waals surface area contributed by atoms with Gasteiger partial charge < -0.3 is 20.8 Å². The summed E-state index contributed by atoms with van der Waals surface area (Å²) >= 11 is 0. The Morgan fingerprint density at radius 3 is 2.41 bits per heavy atom. The van der Waals surface area contributed by atoms with Crippen molar-refractivity contribution in [2.75, 3.05) is 6.61 Å². The molecule has 0 fully saturated rings. The topological polar surface area (TPSA) is 103 Å². The van der Waals surface area contributed by atoms with Crippen molar-refractivity contribution in [3.63, 3.8) is 0 Å². The number of aliphatic carboxylic acids is 1. The first-order valence-corrected chi connectivity index (χ1v) is 5.65. The van der Waals surface area contributed by atoms with Crippen molar-refractivity contribution < 1.29 is 19.4 Å². The summed E-state index contributed by atoms with van der Waals surface area (Å²) in [4.78, 5) is 21.1. The van der Waals surface area contributed by atoms with E-state index in [2.05, 4.69) is 6.92 Å². The highest BCUT2D eigenvalue weighted by Crippen LogP contribution is 2.12. The number of hydrogen-bond acceptors (Lipinski definition) is 4. The summed E-state index contributed by atoms with van der Waals surface area (Å²) in [5, 5.41) is 10.0. The molecule has 0 heterocycles. The average Bonchev–Trinajstić information content (AvgIpc) is 2.26. The number of carboxylic acids is 1. The van der Waals surface area contributed by atoms with Crippen LogP contribution >= 0.6 is 0 Å². The Kier molecular flexibility index (Phi) is 11.8. The zero-order valence-electron chi connectivity index (χ0n) is 10.9. The van der Waals surface area contributed by atoms with Gasteiger partial charge in [0.05, 0.1) is 12.6 Å². The molecule has 0 aliphatic rings. The zero-order chi connectivity index (χ0) is 12.4. The third-order valence-corrected chi connectivity index (χ3v) is 2.36. The smallest absolute Gasteiger partial charge is 0.330 e. The van der Waals surface area contributed by atoms with E-state index in [1.54, 1.807) is 0 Å². The summed E-state index contributed by atoms with van der Waals surface area (Å²) in [5.41, 5.74) is 0. The van der Waals surface area contributed by atoms with Crippen molar-refractivity contribution in [1.82, 2.24) is 6.15 Å². The number of carbonyl (C=O) groups excluding carboxylic acids is 2. The second-order valence-electron chi connectivity index (χ2n) is 3.70. The molecule has 0 spiro atoms. The minimum Gasteiger partial charge on any atom is -0.545 e. The molecule has 5 nitrogen and oxygen atoms in total. The monoisotopic (exact) mass is 245 g/mol. The number of unbranched alkanes of at least 4 members (excludes halogenated alkanes) is 1. The fraction of sp³-hybridized carbons (Fsp3) is 0.667. The molecule has 0 aliphatic carbocycles. The van der Waals surface area contributed by atoms with Crippen LogP contribution in [0.5, 0.6) is 0 Å². The summed E-state index contributed by atoms with van der Waals surface area (Å²) in [6.45, 7) is 4.51. The van der Waals surface area contributed by atoms with Gasteiger partial charge in [-0.05, 0) is 18.4 Å². The SMILES string of the molecule is CCCCC(CC)COC(=O)/C=C\C(=O)[O-].[NH4+]. The quantitative estimate of drug-likeness (QED) is 0.516. The number of rotatable bonds is 8. The molecular formula is C12H23NO4. The Bertz CT molecular complexity index is 251. The van der Waals surface area contributed by atoms with E-state index in [1.807, 2.05) is 6.92 Å². The molecule has 1 atom stereocenters. The molecular weight excluding hydrogens is 222 g/mol. The van der Waals surface area contributed by atoms with E-state index in [4.69, 9.17) is 4.74 Å². The second kappa shape index (κ2) is 11.1. The van der Waals surface area contributed by atoms with E-state index in [0.717, 1.165) is 31.8 Å². The van der Waals surface area contributed by atoms with Gasteiger partial charge in [0.2, 0.25) is 0 Å². The molecule has 5 heteroatoms. The molecule has 1 unspecified atom stereocenters. The van der Waals surface area contributed by atoms with Gasteiger partial charge in [-0.15, -0.1) is 0 Å². The first-order chi connectivity index (χ1) is 7.60. The van der Waals surface area contributed by atoms with Crippen molar-refractivity contribution in [2.45, 2.75) is 39.5 Å². The number of carboxylic acid groups (broad SMARTS) is 1. The normalized spacial score (nSPS) is 11.9. The van der Waals surface area contributed by atoms with Crippen LogP contribution in [-0.2, 0) is 14.3 Å². The Morgan fingerprint density at radius 1 is 1.29 bits per heavy atom. The average molecular weight is 245 g/mol. The third-order valence-electron chi connectivity index (χ3n) is 2.36. The molecule has 4 N–H and O–H groups in total. The van der Waals surface area contributed by atoms with Gasteiger partial charge in [-0.3, -0.25) is 0 Å². The van der Waals surface area contributed by atoms with Crippen LogP contribution in [-0.4, -0.2) is 18.5 Å². The van der Waals surface area contributed by atoms with Gasteiger partial charge in [0.1, 0.15) is 0 Å². The lowest BCUT2D eigenvalue weighted by Gasteiger charge is -2.13. The van der Waals surface area contributed by atoms with Crippen LogP contribution in [0.3, 0.4) is 0 Å². The molecule has 0 aromatic rings. The molecule has 0 bridgehead atoms. The largest absolute Gasteiger partial charge is 0.545 e. The third kappa shape index (κ3) is 10.9. The highest BCUT2D eigenvalue weighted by Gasteiger charge is 2.07. The Morgan fingerprint density at radius 2 is 1.94 bits per heavy atom. The van der Waals surface area contributed by atoms with Gasteiger partial charge in [-0.2, -0.15) is 0 Å². The predicted octanol–water partition coefficient (Wildman–Crippen LogP) is 1.43. The first-order valence-electron chi connectivity index (χ1n) is 5.65. The highest BCUT2D eigenvalue weighted by molar-refractivity contribution is 5.89. The van der Waals surface area contributed by atoms with Crippen molar-refractivity contribution in [3.05, 3.63) is 12.2 Å². The van der Waals surface area contributed by atoms with E-state index in [9.17, 15) is 14.7 Å². The highest BCUT2D eigenvalue weighted by atomic mass is 16.5. The van der Waals surface area contributed by atoms with Crippen molar-refractivity contribution >= 4 is 11.9 Å². The summed E-state index contributed by atoms with van der Waals surface area (Å²) in [6, 6.07) is 0. The minimum absolute atomic E-state index is 0.